The van der Waals surface area contributed by atoms with Crippen LogP contribution in [-0.4, -0.2) is 30.6 Å². The Morgan fingerprint density at radius 1 is 1.30 bits per heavy atom. The molecule has 2 aliphatic carbocycles. The minimum Gasteiger partial charge on any atom is -0.496 e. The summed E-state index contributed by atoms with van der Waals surface area (Å²) in [4.78, 5) is 23.7. The zero-order valence-electron chi connectivity index (χ0n) is 13.3. The van der Waals surface area contributed by atoms with Crippen LogP contribution in [0.5, 0.6) is 5.75 Å². The number of carbonyl (C=O) groups is 2. The molecule has 0 saturated heterocycles. The van der Waals surface area contributed by atoms with E-state index in [0.717, 1.165) is 18.4 Å². The molecule has 0 aromatic heterocycles. The smallest absolute Gasteiger partial charge is 0.308 e. The molecule has 5 heteroatoms. The van der Waals surface area contributed by atoms with Gasteiger partial charge < -0.3 is 15.2 Å². The van der Waals surface area contributed by atoms with Crippen LogP contribution in [0.25, 0.3) is 0 Å². The molecule has 0 aliphatic heterocycles. The number of para-hydroxylation sites is 1. The van der Waals surface area contributed by atoms with Crippen LogP contribution in [0.2, 0.25) is 0 Å². The summed E-state index contributed by atoms with van der Waals surface area (Å²) in [6, 6.07) is 7.40. The van der Waals surface area contributed by atoms with Crippen molar-refractivity contribution in [3.63, 3.8) is 0 Å². The molecule has 2 aliphatic rings. The third-order valence-electron chi connectivity index (χ3n) is 5.24. The maximum Gasteiger partial charge on any atom is 0.308 e. The Morgan fingerprint density at radius 2 is 2.00 bits per heavy atom. The van der Waals surface area contributed by atoms with E-state index in [1.54, 1.807) is 7.11 Å². The lowest BCUT2D eigenvalue weighted by Crippen LogP contribution is -2.35. The summed E-state index contributed by atoms with van der Waals surface area (Å²) in [6.07, 6.45) is 3.86. The second-order valence-corrected chi connectivity index (χ2v) is 6.58. The first-order valence-corrected chi connectivity index (χ1v) is 8.24. The molecular weight excluding hydrogens is 294 g/mol. The molecular formula is C18H23NO4. The quantitative estimate of drug-likeness (QED) is 0.807. The third-order valence-corrected chi connectivity index (χ3v) is 5.24. The van der Waals surface area contributed by atoms with Gasteiger partial charge in [-0.2, -0.15) is 0 Å². The SMILES string of the molecule is COc1ccccc1C[C@H](CNC(=O)C1[C@@H]2CCC[C@@H]12)C(=O)O. The molecule has 2 fully saturated rings. The van der Waals surface area contributed by atoms with Gasteiger partial charge in [0, 0.05) is 12.5 Å². The van der Waals surface area contributed by atoms with E-state index in [4.69, 9.17) is 4.74 Å². The lowest BCUT2D eigenvalue weighted by Gasteiger charge is -2.16. The van der Waals surface area contributed by atoms with E-state index in [9.17, 15) is 14.7 Å². The topological polar surface area (TPSA) is 75.6 Å². The molecule has 124 valence electrons. The van der Waals surface area contributed by atoms with Crippen molar-refractivity contribution < 1.29 is 19.4 Å². The highest BCUT2D eigenvalue weighted by Gasteiger charge is 2.56. The number of nitrogens with one attached hydrogen (secondary N) is 1. The Balaban J connectivity index is 1.57. The van der Waals surface area contributed by atoms with Gasteiger partial charge in [0.2, 0.25) is 5.91 Å². The van der Waals surface area contributed by atoms with Crippen molar-refractivity contribution in [2.45, 2.75) is 25.7 Å². The van der Waals surface area contributed by atoms with Crippen LogP contribution >= 0.6 is 0 Å². The number of carbonyl (C=O) groups excluding carboxylic acids is 1. The van der Waals surface area contributed by atoms with Crippen molar-refractivity contribution in [2.24, 2.45) is 23.7 Å². The van der Waals surface area contributed by atoms with Gasteiger partial charge in [0.15, 0.2) is 0 Å². The van der Waals surface area contributed by atoms with Crippen LogP contribution < -0.4 is 10.1 Å². The number of carboxylic acids is 1. The van der Waals surface area contributed by atoms with Crippen molar-refractivity contribution in [3.8, 4) is 5.75 Å². The number of aliphatic carboxylic acids is 1. The molecule has 1 aromatic carbocycles. The van der Waals surface area contributed by atoms with E-state index < -0.39 is 11.9 Å². The molecule has 3 rings (SSSR count). The molecule has 1 aromatic rings. The summed E-state index contributed by atoms with van der Waals surface area (Å²) in [5.41, 5.74) is 0.847. The van der Waals surface area contributed by atoms with Crippen molar-refractivity contribution in [1.82, 2.24) is 5.32 Å². The standard InChI is InChI=1S/C18H23NO4/c1-23-15-8-3-2-5-11(15)9-12(18(21)22)10-19-17(20)16-13-6-4-7-14(13)16/h2-3,5,8,12-14,16H,4,6-7,9-10H2,1H3,(H,19,20)(H,21,22)/t12-,13-,14-/m1/s1. The van der Waals surface area contributed by atoms with Gasteiger partial charge in [-0.1, -0.05) is 24.6 Å². The molecule has 0 radical (unpaired) electrons. The molecule has 5 nitrogen and oxygen atoms in total. The first-order chi connectivity index (χ1) is 11.1. The van der Waals surface area contributed by atoms with Gasteiger partial charge in [0.05, 0.1) is 13.0 Å². The Bertz CT molecular complexity index is 590. The predicted molar refractivity (Wildman–Crippen MR) is 85.2 cm³/mol. The highest BCUT2D eigenvalue weighted by atomic mass is 16.5. The fraction of sp³-hybridized carbons (Fsp3) is 0.556. The van der Waals surface area contributed by atoms with E-state index in [1.807, 2.05) is 24.3 Å². The number of methoxy groups -OCH3 is 1. The molecule has 1 amide bonds. The molecule has 2 saturated carbocycles. The number of carboxylic acid groups (broad SMARTS) is 1. The molecule has 0 bridgehead atoms. The summed E-state index contributed by atoms with van der Waals surface area (Å²) in [5, 5.41) is 12.3. The van der Waals surface area contributed by atoms with Crippen LogP contribution in [-0.2, 0) is 16.0 Å². The van der Waals surface area contributed by atoms with Crippen LogP contribution in [0.3, 0.4) is 0 Å². The van der Waals surface area contributed by atoms with E-state index in [-0.39, 0.29) is 18.4 Å². The second-order valence-electron chi connectivity index (χ2n) is 6.58. The van der Waals surface area contributed by atoms with Crippen molar-refractivity contribution in [3.05, 3.63) is 29.8 Å². The van der Waals surface area contributed by atoms with Crippen molar-refractivity contribution in [2.75, 3.05) is 13.7 Å². The van der Waals surface area contributed by atoms with Gasteiger partial charge >= 0.3 is 5.97 Å². The average Bonchev–Trinajstić information content (AvgIpc) is 3.03. The number of rotatable bonds is 7. The molecule has 0 unspecified atom stereocenters. The predicted octanol–water partition coefficient (Wildman–Crippen LogP) is 2.10. The Morgan fingerprint density at radius 3 is 2.65 bits per heavy atom. The first kappa shape index (κ1) is 15.8. The Labute approximate surface area is 136 Å². The summed E-state index contributed by atoms with van der Waals surface area (Å²) in [7, 11) is 1.57. The number of fused-ring (bicyclic) bond motifs is 1. The minimum atomic E-state index is -0.896. The zero-order chi connectivity index (χ0) is 16.4. The van der Waals surface area contributed by atoms with Crippen LogP contribution in [0.15, 0.2) is 24.3 Å². The Hall–Kier alpha value is -2.04. The van der Waals surface area contributed by atoms with Gasteiger partial charge in [-0.15, -0.1) is 0 Å². The lowest BCUT2D eigenvalue weighted by atomic mass is 9.98. The lowest BCUT2D eigenvalue weighted by molar-refractivity contribution is -0.141. The molecule has 23 heavy (non-hydrogen) atoms. The summed E-state index contributed by atoms with van der Waals surface area (Å²) < 4.78 is 5.27. The first-order valence-electron chi connectivity index (χ1n) is 8.24. The van der Waals surface area contributed by atoms with Crippen molar-refractivity contribution in [1.29, 1.82) is 0 Å². The van der Waals surface area contributed by atoms with Gasteiger partial charge in [-0.25, -0.2) is 0 Å². The van der Waals surface area contributed by atoms with Gasteiger partial charge in [0.25, 0.3) is 0 Å². The van der Waals surface area contributed by atoms with Gasteiger partial charge in [0.1, 0.15) is 5.75 Å². The summed E-state index contributed by atoms with van der Waals surface area (Å²) >= 11 is 0. The molecule has 2 N–H and O–H groups in total. The van der Waals surface area contributed by atoms with E-state index in [2.05, 4.69) is 5.32 Å². The fourth-order valence-electron chi connectivity index (χ4n) is 3.94. The van der Waals surface area contributed by atoms with Gasteiger partial charge in [-0.05, 0) is 42.7 Å². The number of hydrogen-bond donors (Lipinski definition) is 2. The maximum absolute atomic E-state index is 12.2. The zero-order valence-corrected chi connectivity index (χ0v) is 13.3. The average molecular weight is 317 g/mol. The van der Waals surface area contributed by atoms with Crippen molar-refractivity contribution >= 4 is 11.9 Å². The summed E-state index contributed by atoms with van der Waals surface area (Å²) in [6.45, 7) is 0.169. The number of hydrogen-bond acceptors (Lipinski definition) is 3. The highest BCUT2D eigenvalue weighted by Crippen LogP contribution is 2.57. The normalized spacial score (nSPS) is 26.2. The van der Waals surface area contributed by atoms with Crippen LogP contribution in [0.4, 0.5) is 0 Å². The monoisotopic (exact) mass is 317 g/mol. The molecule has 0 heterocycles. The summed E-state index contributed by atoms with van der Waals surface area (Å²) in [5.74, 6) is 0.401. The second kappa shape index (κ2) is 6.60. The third kappa shape index (κ3) is 3.33. The van der Waals surface area contributed by atoms with Crippen LogP contribution in [0, 0.1) is 23.7 Å². The molecule has 0 spiro atoms. The highest BCUT2D eigenvalue weighted by molar-refractivity contribution is 5.83. The largest absolute Gasteiger partial charge is 0.496 e. The van der Waals surface area contributed by atoms with Gasteiger partial charge in [-0.3, -0.25) is 9.59 Å². The van der Waals surface area contributed by atoms with E-state index in [0.29, 0.717) is 24.0 Å². The van der Waals surface area contributed by atoms with Crippen LogP contribution in [0.1, 0.15) is 24.8 Å². The minimum absolute atomic E-state index is 0.0333. The molecule has 3 atom stereocenters. The maximum atomic E-state index is 12.2. The number of amides is 1. The Kier molecular flexibility index (Phi) is 4.55. The fourth-order valence-corrected chi connectivity index (χ4v) is 3.94. The van der Waals surface area contributed by atoms with E-state index >= 15 is 0 Å². The number of ether oxygens (including phenoxy) is 1. The van der Waals surface area contributed by atoms with E-state index in [1.165, 1.54) is 6.42 Å². The number of benzene rings is 1.